The Morgan fingerprint density at radius 3 is 2.89 bits per heavy atom. The average Bonchev–Trinajstić information content (AvgIpc) is 2.35. The van der Waals surface area contributed by atoms with E-state index in [0.717, 1.165) is 12.1 Å². The van der Waals surface area contributed by atoms with Gasteiger partial charge in [-0.2, -0.15) is 0 Å². The molecule has 0 aliphatic carbocycles. The van der Waals surface area contributed by atoms with Crippen LogP contribution in [0.3, 0.4) is 0 Å². The van der Waals surface area contributed by atoms with Crippen LogP contribution in [0.25, 0.3) is 0 Å². The third kappa shape index (κ3) is 3.81. The second-order valence-electron chi connectivity index (χ2n) is 3.92. The van der Waals surface area contributed by atoms with E-state index in [1.165, 1.54) is 4.90 Å². The number of aromatic nitrogens is 2. The van der Waals surface area contributed by atoms with Crippen molar-refractivity contribution < 1.29 is 9.90 Å². The quantitative estimate of drug-likeness (QED) is 0.722. The number of nitrogens with two attached hydrogens (primary N) is 1. The number of nitrogens with zero attached hydrogens (tertiary/aromatic N) is 3. The molecule has 0 aliphatic heterocycles. The van der Waals surface area contributed by atoms with E-state index < -0.39 is 0 Å². The van der Waals surface area contributed by atoms with Crippen molar-refractivity contribution in [3.05, 3.63) is 29.4 Å². The molecule has 0 radical (unpaired) electrons. The number of rotatable bonds is 6. The van der Waals surface area contributed by atoms with Gasteiger partial charge in [-0.1, -0.05) is 6.08 Å². The molecule has 6 nitrogen and oxygen atoms in total. The number of aliphatic hydroxyl groups excluding tert-OH is 1. The Balaban J connectivity index is 2.82. The molecule has 0 aromatic carbocycles. The monoisotopic (exact) mass is 250 g/mol. The topological polar surface area (TPSA) is 92.3 Å². The summed E-state index contributed by atoms with van der Waals surface area (Å²) in [6.07, 6.45) is 4.64. The molecule has 1 heterocycles. The van der Waals surface area contributed by atoms with Crippen molar-refractivity contribution in [2.75, 3.05) is 12.3 Å². The third-order valence-electron chi connectivity index (χ3n) is 2.51. The Hall–Kier alpha value is -1.95. The molecule has 3 N–H and O–H groups in total. The number of aliphatic hydroxyl groups is 1. The van der Waals surface area contributed by atoms with E-state index in [0.29, 0.717) is 30.2 Å². The SMILES string of the molecule is C/C(=C/CCO)N(C=O)Cc1cnc(C)nc1N. The molecule has 0 spiro atoms. The molecule has 0 saturated heterocycles. The summed E-state index contributed by atoms with van der Waals surface area (Å²) in [5, 5.41) is 8.74. The lowest BCUT2D eigenvalue weighted by Gasteiger charge is -2.18. The van der Waals surface area contributed by atoms with Crippen LogP contribution in [0.2, 0.25) is 0 Å². The molecule has 0 bridgehead atoms. The number of carbonyl (C=O) groups is 1. The van der Waals surface area contributed by atoms with Crippen LogP contribution in [0.5, 0.6) is 0 Å². The Bertz CT molecular complexity index is 446. The molecule has 0 fully saturated rings. The maximum atomic E-state index is 11.0. The van der Waals surface area contributed by atoms with Gasteiger partial charge in [-0.25, -0.2) is 9.97 Å². The van der Waals surface area contributed by atoms with Crippen LogP contribution in [0.4, 0.5) is 5.82 Å². The number of amides is 1. The van der Waals surface area contributed by atoms with Crippen molar-refractivity contribution in [1.82, 2.24) is 14.9 Å². The van der Waals surface area contributed by atoms with Crippen LogP contribution in [-0.2, 0) is 11.3 Å². The summed E-state index contributed by atoms with van der Waals surface area (Å²) in [7, 11) is 0. The van der Waals surface area contributed by atoms with Gasteiger partial charge in [-0.15, -0.1) is 0 Å². The summed E-state index contributed by atoms with van der Waals surface area (Å²) in [5.74, 6) is 0.978. The standard InChI is InChI=1S/C12H18N4O2/c1-9(4-3-5-17)16(8-18)7-11-6-14-10(2)15-12(11)13/h4,6,8,17H,3,5,7H2,1-2H3,(H2,13,14,15)/b9-4-. The molecule has 1 aromatic heterocycles. The average molecular weight is 250 g/mol. The van der Waals surface area contributed by atoms with Gasteiger partial charge in [0, 0.05) is 24.1 Å². The van der Waals surface area contributed by atoms with Gasteiger partial charge in [0.2, 0.25) is 6.41 Å². The first-order valence-corrected chi connectivity index (χ1v) is 5.66. The van der Waals surface area contributed by atoms with E-state index in [1.54, 1.807) is 26.1 Å². The maximum absolute atomic E-state index is 11.0. The summed E-state index contributed by atoms with van der Waals surface area (Å²) in [6.45, 7) is 3.93. The predicted molar refractivity (Wildman–Crippen MR) is 68.2 cm³/mol. The summed E-state index contributed by atoms with van der Waals surface area (Å²) >= 11 is 0. The lowest BCUT2D eigenvalue weighted by molar-refractivity contribution is -0.116. The van der Waals surface area contributed by atoms with E-state index in [9.17, 15) is 4.79 Å². The Morgan fingerprint density at radius 2 is 2.33 bits per heavy atom. The number of carbonyl (C=O) groups excluding carboxylic acids is 1. The smallest absolute Gasteiger partial charge is 0.214 e. The van der Waals surface area contributed by atoms with Gasteiger partial charge in [0.05, 0.1) is 6.54 Å². The van der Waals surface area contributed by atoms with E-state index >= 15 is 0 Å². The molecule has 1 rings (SSSR count). The molecule has 0 aliphatic rings. The second-order valence-corrected chi connectivity index (χ2v) is 3.92. The summed E-state index contributed by atoms with van der Waals surface area (Å²) in [6, 6.07) is 0. The molecule has 1 aromatic rings. The Morgan fingerprint density at radius 1 is 1.61 bits per heavy atom. The van der Waals surface area contributed by atoms with Crippen LogP contribution in [0.1, 0.15) is 24.7 Å². The summed E-state index contributed by atoms with van der Waals surface area (Å²) in [5.41, 5.74) is 7.23. The zero-order valence-corrected chi connectivity index (χ0v) is 10.6. The largest absolute Gasteiger partial charge is 0.396 e. The number of aryl methyl sites for hydroxylation is 1. The van der Waals surface area contributed by atoms with E-state index in [2.05, 4.69) is 9.97 Å². The molecule has 1 amide bonds. The van der Waals surface area contributed by atoms with Crippen molar-refractivity contribution in [3.63, 3.8) is 0 Å². The highest BCUT2D eigenvalue weighted by molar-refractivity contribution is 5.52. The fourth-order valence-corrected chi connectivity index (χ4v) is 1.45. The van der Waals surface area contributed by atoms with Crippen molar-refractivity contribution in [2.45, 2.75) is 26.8 Å². The highest BCUT2D eigenvalue weighted by atomic mass is 16.2. The predicted octanol–water partition coefficient (Wildman–Crippen LogP) is 0.612. The van der Waals surface area contributed by atoms with Crippen LogP contribution in [-0.4, -0.2) is 33.0 Å². The van der Waals surface area contributed by atoms with Crippen molar-refractivity contribution >= 4 is 12.2 Å². The van der Waals surface area contributed by atoms with Crippen LogP contribution >= 0.6 is 0 Å². The molecule has 0 unspecified atom stereocenters. The van der Waals surface area contributed by atoms with Gasteiger partial charge < -0.3 is 15.7 Å². The highest BCUT2D eigenvalue weighted by Crippen LogP contribution is 2.13. The first kappa shape index (κ1) is 14.1. The lowest BCUT2D eigenvalue weighted by Crippen LogP contribution is -2.20. The fraction of sp³-hybridized carbons (Fsp3) is 0.417. The molecule has 6 heteroatoms. The number of hydrogen-bond acceptors (Lipinski definition) is 5. The van der Waals surface area contributed by atoms with Gasteiger partial charge in [-0.3, -0.25) is 4.79 Å². The minimum atomic E-state index is 0.0554. The first-order chi connectivity index (χ1) is 8.58. The van der Waals surface area contributed by atoms with Crippen LogP contribution in [0, 0.1) is 6.92 Å². The number of allylic oxidation sites excluding steroid dienone is 1. The van der Waals surface area contributed by atoms with E-state index in [1.807, 2.05) is 0 Å². The van der Waals surface area contributed by atoms with Gasteiger partial charge in [0.15, 0.2) is 0 Å². The molecule has 98 valence electrons. The zero-order valence-electron chi connectivity index (χ0n) is 10.6. The van der Waals surface area contributed by atoms with Gasteiger partial charge in [0.1, 0.15) is 11.6 Å². The van der Waals surface area contributed by atoms with Gasteiger partial charge in [-0.05, 0) is 20.3 Å². The van der Waals surface area contributed by atoms with E-state index in [-0.39, 0.29) is 6.61 Å². The Kier molecular flexibility index (Phi) is 5.26. The zero-order chi connectivity index (χ0) is 13.5. The molecule has 0 saturated carbocycles. The highest BCUT2D eigenvalue weighted by Gasteiger charge is 2.09. The van der Waals surface area contributed by atoms with Crippen LogP contribution < -0.4 is 5.73 Å². The fourth-order valence-electron chi connectivity index (χ4n) is 1.45. The van der Waals surface area contributed by atoms with Crippen molar-refractivity contribution in [2.24, 2.45) is 0 Å². The van der Waals surface area contributed by atoms with Crippen molar-refractivity contribution in [1.29, 1.82) is 0 Å². The molecular weight excluding hydrogens is 232 g/mol. The third-order valence-corrected chi connectivity index (χ3v) is 2.51. The number of nitrogen functional groups attached to an aromatic ring is 1. The first-order valence-electron chi connectivity index (χ1n) is 5.66. The number of anilines is 1. The van der Waals surface area contributed by atoms with Gasteiger partial charge in [0.25, 0.3) is 0 Å². The molecular formula is C12H18N4O2. The normalized spacial score (nSPS) is 11.4. The van der Waals surface area contributed by atoms with Crippen LogP contribution in [0.15, 0.2) is 18.0 Å². The molecule has 0 atom stereocenters. The minimum Gasteiger partial charge on any atom is -0.396 e. The summed E-state index contributed by atoms with van der Waals surface area (Å²) in [4.78, 5) is 20.6. The minimum absolute atomic E-state index is 0.0554. The Labute approximate surface area is 106 Å². The number of hydrogen-bond donors (Lipinski definition) is 2. The maximum Gasteiger partial charge on any atom is 0.214 e. The van der Waals surface area contributed by atoms with Crippen molar-refractivity contribution in [3.8, 4) is 0 Å². The molecule has 18 heavy (non-hydrogen) atoms. The van der Waals surface area contributed by atoms with E-state index in [4.69, 9.17) is 10.8 Å². The summed E-state index contributed by atoms with van der Waals surface area (Å²) < 4.78 is 0. The van der Waals surface area contributed by atoms with Gasteiger partial charge >= 0.3 is 0 Å². The second kappa shape index (κ2) is 6.70. The lowest BCUT2D eigenvalue weighted by atomic mass is 10.2.